The van der Waals surface area contributed by atoms with Crippen LogP contribution in [0.3, 0.4) is 0 Å². The van der Waals surface area contributed by atoms with Gasteiger partial charge in [0.15, 0.2) is 0 Å². The Balaban J connectivity index is 1.93. The number of aliphatic hydroxyl groups excluding tert-OH is 1. The van der Waals surface area contributed by atoms with Gasteiger partial charge in [-0.2, -0.15) is 0 Å². The lowest BCUT2D eigenvalue weighted by molar-refractivity contribution is 0.281. The summed E-state index contributed by atoms with van der Waals surface area (Å²) in [5.74, 6) is 0.887. The maximum atomic E-state index is 8.95. The lowest BCUT2D eigenvalue weighted by atomic mass is 10.1. The first-order chi connectivity index (χ1) is 8.81. The van der Waals surface area contributed by atoms with E-state index >= 15 is 0 Å². The smallest absolute Gasteiger partial charge is 0.119 e. The summed E-state index contributed by atoms with van der Waals surface area (Å²) < 4.78 is 5.70. The molecule has 0 aliphatic carbocycles. The van der Waals surface area contributed by atoms with Crippen molar-refractivity contribution in [1.29, 1.82) is 0 Å². The minimum absolute atomic E-state index is 0.0830. The number of benzene rings is 2. The second-order valence-corrected chi connectivity index (χ2v) is 4.26. The first-order valence-electron chi connectivity index (χ1n) is 6.22. The van der Waals surface area contributed by atoms with E-state index in [1.807, 2.05) is 36.4 Å². The van der Waals surface area contributed by atoms with E-state index in [2.05, 4.69) is 19.1 Å². The molecular formula is C16H18O2. The molecule has 0 amide bonds. The number of rotatable bonds is 5. The lowest BCUT2D eigenvalue weighted by Gasteiger charge is -2.07. The molecule has 0 heterocycles. The van der Waals surface area contributed by atoms with Crippen LogP contribution in [0.25, 0.3) is 0 Å². The van der Waals surface area contributed by atoms with Crippen LogP contribution < -0.4 is 4.74 Å². The first-order valence-corrected chi connectivity index (χ1v) is 6.22. The fourth-order valence-electron chi connectivity index (χ4n) is 1.73. The minimum atomic E-state index is 0.0830. The van der Waals surface area contributed by atoms with Gasteiger partial charge in [0.05, 0.1) is 6.61 Å². The van der Waals surface area contributed by atoms with Crippen LogP contribution in [0.5, 0.6) is 5.75 Å². The van der Waals surface area contributed by atoms with Gasteiger partial charge in [0.25, 0.3) is 0 Å². The number of aryl methyl sites for hydroxylation is 1. The van der Waals surface area contributed by atoms with Crippen molar-refractivity contribution in [2.24, 2.45) is 0 Å². The van der Waals surface area contributed by atoms with Gasteiger partial charge in [0.1, 0.15) is 12.4 Å². The molecule has 0 aliphatic rings. The SMILES string of the molecule is CCc1ccc(OCc2ccc(CO)cc2)cc1. The second-order valence-electron chi connectivity index (χ2n) is 4.26. The van der Waals surface area contributed by atoms with Gasteiger partial charge in [0.2, 0.25) is 0 Å². The molecule has 2 rings (SSSR count). The summed E-state index contributed by atoms with van der Waals surface area (Å²) in [7, 11) is 0. The molecule has 0 radical (unpaired) electrons. The number of hydrogen-bond donors (Lipinski definition) is 1. The molecule has 2 heteroatoms. The zero-order valence-electron chi connectivity index (χ0n) is 10.6. The summed E-state index contributed by atoms with van der Waals surface area (Å²) in [6.45, 7) is 2.77. The molecule has 0 saturated heterocycles. The van der Waals surface area contributed by atoms with Gasteiger partial charge >= 0.3 is 0 Å². The van der Waals surface area contributed by atoms with E-state index in [0.29, 0.717) is 6.61 Å². The summed E-state index contributed by atoms with van der Waals surface area (Å²) in [6, 6.07) is 16.0. The summed E-state index contributed by atoms with van der Waals surface area (Å²) in [4.78, 5) is 0. The Morgan fingerprint density at radius 3 is 1.94 bits per heavy atom. The summed E-state index contributed by atoms with van der Waals surface area (Å²) in [5, 5.41) is 8.95. The predicted molar refractivity (Wildman–Crippen MR) is 72.5 cm³/mol. The first kappa shape index (κ1) is 12.7. The Morgan fingerprint density at radius 1 is 0.833 bits per heavy atom. The van der Waals surface area contributed by atoms with Crippen LogP contribution in [0.15, 0.2) is 48.5 Å². The Morgan fingerprint density at radius 2 is 1.39 bits per heavy atom. The molecule has 18 heavy (non-hydrogen) atoms. The van der Waals surface area contributed by atoms with Crippen molar-refractivity contribution in [3.8, 4) is 5.75 Å². The highest BCUT2D eigenvalue weighted by Crippen LogP contribution is 2.14. The third-order valence-electron chi connectivity index (χ3n) is 2.94. The van der Waals surface area contributed by atoms with Crippen LogP contribution in [0.1, 0.15) is 23.6 Å². The molecule has 1 N–H and O–H groups in total. The summed E-state index contributed by atoms with van der Waals surface area (Å²) in [6.07, 6.45) is 1.04. The molecule has 2 nitrogen and oxygen atoms in total. The van der Waals surface area contributed by atoms with Crippen molar-refractivity contribution < 1.29 is 9.84 Å². The summed E-state index contributed by atoms with van der Waals surface area (Å²) in [5.41, 5.74) is 3.34. The van der Waals surface area contributed by atoms with E-state index in [1.165, 1.54) is 5.56 Å². The number of hydrogen-bond acceptors (Lipinski definition) is 2. The lowest BCUT2D eigenvalue weighted by Crippen LogP contribution is -1.96. The Bertz CT molecular complexity index is 424. The molecule has 0 atom stereocenters. The van der Waals surface area contributed by atoms with Crippen LogP contribution >= 0.6 is 0 Å². The van der Waals surface area contributed by atoms with Crippen LogP contribution in [-0.4, -0.2) is 5.11 Å². The molecule has 0 spiro atoms. The maximum Gasteiger partial charge on any atom is 0.119 e. The highest BCUT2D eigenvalue weighted by Gasteiger charge is 1.97. The van der Waals surface area contributed by atoms with Crippen molar-refractivity contribution >= 4 is 0 Å². The third kappa shape index (κ3) is 3.34. The molecule has 0 bridgehead atoms. The van der Waals surface area contributed by atoms with Gasteiger partial charge in [-0.3, -0.25) is 0 Å². The van der Waals surface area contributed by atoms with Crippen molar-refractivity contribution in [3.63, 3.8) is 0 Å². The second kappa shape index (κ2) is 6.22. The van der Waals surface area contributed by atoms with E-state index in [-0.39, 0.29) is 6.61 Å². The van der Waals surface area contributed by atoms with Crippen LogP contribution in [0.4, 0.5) is 0 Å². The molecule has 0 aromatic heterocycles. The van der Waals surface area contributed by atoms with Gasteiger partial charge in [-0.1, -0.05) is 43.3 Å². The molecule has 2 aromatic carbocycles. The Labute approximate surface area is 108 Å². The molecule has 0 saturated carbocycles. The average Bonchev–Trinajstić information content (AvgIpc) is 2.46. The van der Waals surface area contributed by atoms with E-state index in [4.69, 9.17) is 9.84 Å². The van der Waals surface area contributed by atoms with E-state index < -0.39 is 0 Å². The van der Waals surface area contributed by atoms with Crippen LogP contribution in [-0.2, 0) is 19.6 Å². The molecule has 94 valence electrons. The van der Waals surface area contributed by atoms with Gasteiger partial charge in [-0.15, -0.1) is 0 Å². The van der Waals surface area contributed by atoms with Crippen molar-refractivity contribution in [1.82, 2.24) is 0 Å². The Kier molecular flexibility index (Phi) is 4.37. The maximum absolute atomic E-state index is 8.95. The Hall–Kier alpha value is -1.80. The highest BCUT2D eigenvalue weighted by atomic mass is 16.5. The van der Waals surface area contributed by atoms with E-state index in [1.54, 1.807) is 0 Å². The minimum Gasteiger partial charge on any atom is -0.489 e. The third-order valence-corrected chi connectivity index (χ3v) is 2.94. The quantitative estimate of drug-likeness (QED) is 0.871. The zero-order chi connectivity index (χ0) is 12.8. The van der Waals surface area contributed by atoms with Gasteiger partial charge in [0, 0.05) is 0 Å². The average molecular weight is 242 g/mol. The molecule has 0 fully saturated rings. The fraction of sp³-hybridized carbons (Fsp3) is 0.250. The number of ether oxygens (including phenoxy) is 1. The van der Waals surface area contributed by atoms with Crippen molar-refractivity contribution in [2.45, 2.75) is 26.6 Å². The van der Waals surface area contributed by atoms with E-state index in [9.17, 15) is 0 Å². The molecular weight excluding hydrogens is 224 g/mol. The van der Waals surface area contributed by atoms with Crippen molar-refractivity contribution in [3.05, 3.63) is 65.2 Å². The largest absolute Gasteiger partial charge is 0.489 e. The monoisotopic (exact) mass is 242 g/mol. The van der Waals surface area contributed by atoms with Gasteiger partial charge in [-0.05, 0) is 35.2 Å². The van der Waals surface area contributed by atoms with Crippen LogP contribution in [0.2, 0.25) is 0 Å². The number of aliphatic hydroxyl groups is 1. The van der Waals surface area contributed by atoms with Gasteiger partial charge in [-0.25, -0.2) is 0 Å². The van der Waals surface area contributed by atoms with Gasteiger partial charge < -0.3 is 9.84 Å². The summed E-state index contributed by atoms with van der Waals surface area (Å²) >= 11 is 0. The van der Waals surface area contributed by atoms with Crippen LogP contribution in [0, 0.1) is 0 Å². The zero-order valence-corrected chi connectivity index (χ0v) is 10.6. The van der Waals surface area contributed by atoms with E-state index in [0.717, 1.165) is 23.3 Å². The molecule has 0 aliphatic heterocycles. The fourth-order valence-corrected chi connectivity index (χ4v) is 1.73. The molecule has 0 unspecified atom stereocenters. The van der Waals surface area contributed by atoms with Crippen molar-refractivity contribution in [2.75, 3.05) is 0 Å². The standard InChI is InChI=1S/C16H18O2/c1-2-13-7-9-16(10-8-13)18-12-15-5-3-14(11-17)4-6-15/h3-10,17H,2,11-12H2,1H3. The highest BCUT2D eigenvalue weighted by molar-refractivity contribution is 5.28. The topological polar surface area (TPSA) is 29.5 Å². The predicted octanol–water partition coefficient (Wildman–Crippen LogP) is 3.32. The molecule has 2 aromatic rings. The normalized spacial score (nSPS) is 10.3.